The van der Waals surface area contributed by atoms with Crippen LogP contribution < -0.4 is 15.5 Å². The molecule has 0 unspecified atom stereocenters. The molecule has 0 bridgehead atoms. The number of fused-ring (bicyclic) bond motifs is 3. The second kappa shape index (κ2) is 9.66. The zero-order valence-corrected chi connectivity index (χ0v) is 20.9. The standard InChI is InChI=1S/C29H31N3O4/c1-17-25(28(33)34)18(2)27(32-14-12-30-13-15-32)19(3)26(17)31-29(35)36-16-24-22-10-6-4-8-20(22)21-9-5-7-11-23(21)24/h4-11,24,30H,12-16H2,1-3H3,(H,31,35)(H,33,34). The van der Waals surface area contributed by atoms with Crippen LogP contribution in [-0.2, 0) is 4.74 Å². The Hall–Kier alpha value is -3.84. The van der Waals surface area contributed by atoms with E-state index >= 15 is 0 Å². The lowest BCUT2D eigenvalue weighted by molar-refractivity contribution is 0.0695. The molecule has 36 heavy (non-hydrogen) atoms. The van der Waals surface area contributed by atoms with Gasteiger partial charge in [-0.3, -0.25) is 5.32 Å². The molecule has 5 rings (SSSR count). The zero-order chi connectivity index (χ0) is 25.4. The van der Waals surface area contributed by atoms with Gasteiger partial charge in [0.05, 0.1) is 11.3 Å². The third-order valence-corrected chi connectivity index (χ3v) is 7.43. The molecule has 1 aliphatic carbocycles. The van der Waals surface area contributed by atoms with Gasteiger partial charge in [-0.2, -0.15) is 0 Å². The van der Waals surface area contributed by atoms with Crippen LogP contribution in [0.4, 0.5) is 16.2 Å². The Morgan fingerprint density at radius 2 is 1.53 bits per heavy atom. The molecule has 1 saturated heterocycles. The smallest absolute Gasteiger partial charge is 0.411 e. The van der Waals surface area contributed by atoms with Crippen molar-refractivity contribution in [1.82, 2.24) is 5.32 Å². The summed E-state index contributed by atoms with van der Waals surface area (Å²) in [7, 11) is 0. The van der Waals surface area contributed by atoms with E-state index in [0.29, 0.717) is 11.3 Å². The minimum absolute atomic E-state index is 0.0469. The van der Waals surface area contributed by atoms with Gasteiger partial charge in [0.15, 0.2) is 0 Å². The molecule has 0 spiro atoms. The minimum Gasteiger partial charge on any atom is -0.478 e. The van der Waals surface area contributed by atoms with E-state index in [0.717, 1.165) is 54.1 Å². The molecular weight excluding hydrogens is 454 g/mol. The summed E-state index contributed by atoms with van der Waals surface area (Å²) in [6, 6.07) is 16.4. The summed E-state index contributed by atoms with van der Waals surface area (Å²) in [5.41, 5.74) is 8.32. The number of benzene rings is 3. The molecule has 0 aromatic heterocycles. The van der Waals surface area contributed by atoms with Gasteiger partial charge in [0.25, 0.3) is 0 Å². The zero-order valence-electron chi connectivity index (χ0n) is 20.9. The summed E-state index contributed by atoms with van der Waals surface area (Å²) in [5, 5.41) is 16.2. The van der Waals surface area contributed by atoms with Crippen LogP contribution in [0, 0.1) is 20.8 Å². The van der Waals surface area contributed by atoms with Crippen LogP contribution in [-0.4, -0.2) is 50.0 Å². The Morgan fingerprint density at radius 3 is 2.11 bits per heavy atom. The van der Waals surface area contributed by atoms with Crippen molar-refractivity contribution in [2.24, 2.45) is 0 Å². The first-order chi connectivity index (χ1) is 17.4. The Bertz CT molecular complexity index is 1300. The van der Waals surface area contributed by atoms with E-state index in [-0.39, 0.29) is 18.1 Å². The summed E-state index contributed by atoms with van der Waals surface area (Å²) in [4.78, 5) is 27.4. The number of carbonyl (C=O) groups excluding carboxylic acids is 1. The Balaban J connectivity index is 1.41. The van der Waals surface area contributed by atoms with Gasteiger partial charge >= 0.3 is 12.1 Å². The van der Waals surface area contributed by atoms with Gasteiger partial charge in [-0.05, 0) is 59.7 Å². The summed E-state index contributed by atoms with van der Waals surface area (Å²) in [6.07, 6.45) is -0.588. The van der Waals surface area contributed by atoms with E-state index in [4.69, 9.17) is 4.74 Å². The SMILES string of the molecule is Cc1c(NC(=O)OCC2c3ccccc3-c3ccccc32)c(C)c(N2CCNCC2)c(C)c1C(=O)O. The lowest BCUT2D eigenvalue weighted by Crippen LogP contribution is -2.44. The summed E-state index contributed by atoms with van der Waals surface area (Å²) < 4.78 is 5.75. The van der Waals surface area contributed by atoms with Crippen LogP contribution in [0.3, 0.4) is 0 Å². The van der Waals surface area contributed by atoms with Crippen molar-refractivity contribution in [2.75, 3.05) is 43.0 Å². The first-order valence-electron chi connectivity index (χ1n) is 12.3. The first-order valence-corrected chi connectivity index (χ1v) is 12.3. The maximum Gasteiger partial charge on any atom is 0.411 e. The van der Waals surface area contributed by atoms with Gasteiger partial charge in [-0.25, -0.2) is 9.59 Å². The molecule has 7 nitrogen and oxygen atoms in total. The first kappa shape index (κ1) is 23.9. The largest absolute Gasteiger partial charge is 0.478 e. The monoisotopic (exact) mass is 485 g/mol. The maximum absolute atomic E-state index is 13.0. The average molecular weight is 486 g/mol. The number of amides is 1. The van der Waals surface area contributed by atoms with E-state index in [1.54, 1.807) is 6.92 Å². The fourth-order valence-electron chi connectivity index (χ4n) is 5.81. The lowest BCUT2D eigenvalue weighted by Gasteiger charge is -2.34. The van der Waals surface area contributed by atoms with Gasteiger partial charge in [0, 0.05) is 37.8 Å². The fraction of sp³-hybridized carbons (Fsp3) is 0.310. The quantitative estimate of drug-likeness (QED) is 0.467. The third-order valence-electron chi connectivity index (χ3n) is 7.43. The molecule has 1 heterocycles. The number of carboxylic acids is 1. The van der Waals surface area contributed by atoms with Gasteiger partial charge < -0.3 is 20.1 Å². The number of piperazine rings is 1. The summed E-state index contributed by atoms with van der Waals surface area (Å²) in [6.45, 7) is 8.90. The van der Waals surface area contributed by atoms with E-state index < -0.39 is 12.1 Å². The van der Waals surface area contributed by atoms with E-state index in [1.807, 2.05) is 38.1 Å². The fourth-order valence-corrected chi connectivity index (χ4v) is 5.81. The van der Waals surface area contributed by atoms with Crippen LogP contribution in [0.25, 0.3) is 11.1 Å². The Labute approximate surface area is 211 Å². The van der Waals surface area contributed by atoms with Crippen LogP contribution in [0.1, 0.15) is 44.1 Å². The van der Waals surface area contributed by atoms with E-state index in [1.165, 1.54) is 11.1 Å². The number of carboxylic acid groups (broad SMARTS) is 1. The van der Waals surface area contributed by atoms with Crippen molar-refractivity contribution in [2.45, 2.75) is 26.7 Å². The van der Waals surface area contributed by atoms with Crippen LogP contribution in [0.15, 0.2) is 48.5 Å². The number of anilines is 2. The number of aromatic carboxylic acids is 1. The van der Waals surface area contributed by atoms with Gasteiger partial charge in [0.1, 0.15) is 6.61 Å². The number of nitrogens with one attached hydrogen (secondary N) is 2. The van der Waals surface area contributed by atoms with Crippen molar-refractivity contribution in [1.29, 1.82) is 0 Å². The van der Waals surface area contributed by atoms with Crippen molar-refractivity contribution >= 4 is 23.4 Å². The number of hydrogen-bond acceptors (Lipinski definition) is 5. The number of nitrogens with zero attached hydrogens (tertiary/aromatic N) is 1. The number of carbonyl (C=O) groups is 2. The van der Waals surface area contributed by atoms with Crippen molar-refractivity contribution in [3.8, 4) is 11.1 Å². The summed E-state index contributed by atoms with van der Waals surface area (Å²) >= 11 is 0. The topological polar surface area (TPSA) is 90.9 Å². The molecule has 3 aromatic rings. The molecular formula is C29H31N3O4. The third kappa shape index (κ3) is 4.09. The maximum atomic E-state index is 13.0. The Morgan fingerprint density at radius 1 is 0.944 bits per heavy atom. The molecule has 3 N–H and O–H groups in total. The highest BCUT2D eigenvalue weighted by Crippen LogP contribution is 2.44. The van der Waals surface area contributed by atoms with Gasteiger partial charge in [-0.15, -0.1) is 0 Å². The molecule has 7 heteroatoms. The number of rotatable bonds is 5. The van der Waals surface area contributed by atoms with Crippen molar-refractivity contribution in [3.05, 3.63) is 81.9 Å². The predicted molar refractivity (Wildman–Crippen MR) is 141 cm³/mol. The predicted octanol–water partition coefficient (Wildman–Crippen LogP) is 5.08. The molecule has 186 valence electrons. The van der Waals surface area contributed by atoms with Crippen LogP contribution in [0.2, 0.25) is 0 Å². The molecule has 1 aliphatic heterocycles. The van der Waals surface area contributed by atoms with E-state index in [9.17, 15) is 14.7 Å². The minimum atomic E-state index is -1.00. The van der Waals surface area contributed by atoms with Crippen molar-refractivity contribution < 1.29 is 19.4 Å². The van der Waals surface area contributed by atoms with E-state index in [2.05, 4.69) is 39.8 Å². The lowest BCUT2D eigenvalue weighted by atomic mass is 9.93. The molecule has 3 aromatic carbocycles. The van der Waals surface area contributed by atoms with Crippen LogP contribution in [0.5, 0.6) is 0 Å². The van der Waals surface area contributed by atoms with Gasteiger partial charge in [0.2, 0.25) is 0 Å². The highest BCUT2D eigenvalue weighted by molar-refractivity contribution is 5.99. The van der Waals surface area contributed by atoms with Gasteiger partial charge in [-0.1, -0.05) is 48.5 Å². The number of hydrogen-bond donors (Lipinski definition) is 3. The number of ether oxygens (including phenoxy) is 1. The highest BCUT2D eigenvalue weighted by atomic mass is 16.5. The highest BCUT2D eigenvalue weighted by Gasteiger charge is 2.30. The molecule has 0 saturated carbocycles. The van der Waals surface area contributed by atoms with Crippen LogP contribution >= 0.6 is 0 Å². The molecule has 1 amide bonds. The van der Waals surface area contributed by atoms with Crippen molar-refractivity contribution in [3.63, 3.8) is 0 Å². The normalized spacial score (nSPS) is 14.8. The Kier molecular flexibility index (Phi) is 6.41. The second-order valence-corrected chi connectivity index (χ2v) is 9.47. The molecule has 0 atom stereocenters. The second-order valence-electron chi connectivity index (χ2n) is 9.47. The molecule has 1 fully saturated rings. The summed E-state index contributed by atoms with van der Waals surface area (Å²) in [5.74, 6) is -1.05. The molecule has 2 aliphatic rings. The average Bonchev–Trinajstić information content (AvgIpc) is 3.19. The molecule has 0 radical (unpaired) electrons.